The van der Waals surface area contributed by atoms with E-state index in [9.17, 15) is 20.4 Å². The number of unbranched alkanes of at least 4 members (excludes halogenated alkanes) is 5. The summed E-state index contributed by atoms with van der Waals surface area (Å²) in [6, 6.07) is 0. The van der Waals surface area contributed by atoms with Gasteiger partial charge in [0.2, 0.25) is 0 Å². The van der Waals surface area contributed by atoms with Gasteiger partial charge in [0.1, 0.15) is 24.4 Å². The van der Waals surface area contributed by atoms with E-state index in [0.29, 0.717) is 6.42 Å². The van der Waals surface area contributed by atoms with Crippen molar-refractivity contribution in [1.29, 1.82) is 0 Å². The summed E-state index contributed by atoms with van der Waals surface area (Å²) in [6.45, 7) is 1.47. The van der Waals surface area contributed by atoms with E-state index < -0.39 is 31.0 Å². The second kappa shape index (κ2) is 11.5. The Hall–Kier alpha value is -0.110. The first-order chi connectivity index (χ1) is 9.45. The first kappa shape index (κ1) is 19.9. The first-order valence-corrected chi connectivity index (χ1v) is 7.72. The second-order valence-corrected chi connectivity index (χ2v) is 5.68. The van der Waals surface area contributed by atoms with E-state index in [1.807, 2.05) is 0 Å². The molecule has 5 N–H and O–H groups in total. The van der Waals surface area contributed by atoms with Crippen LogP contribution in [0, 0.1) is 0 Å². The molecule has 4 unspecified atom stereocenters. The minimum atomic E-state index is -1.61. The lowest BCUT2D eigenvalue weighted by molar-refractivity contribution is -0.101. The van der Waals surface area contributed by atoms with Crippen molar-refractivity contribution in [1.82, 2.24) is 0 Å². The number of hydrogen-bond donors (Lipinski definition) is 5. The molecule has 120 valence electrons. The van der Waals surface area contributed by atoms with Gasteiger partial charge in [0.05, 0.1) is 6.61 Å². The minimum absolute atomic E-state index is 0.275. The Bertz CT molecular complexity index is 262. The molecule has 0 amide bonds. The lowest BCUT2D eigenvalue weighted by Crippen LogP contribution is -2.48. The summed E-state index contributed by atoms with van der Waals surface area (Å²) in [5.74, 6) is 0. The van der Waals surface area contributed by atoms with Crippen molar-refractivity contribution in [3.8, 4) is 0 Å². The monoisotopic (exact) mass is 308 g/mol. The molecular weight excluding hydrogens is 280 g/mol. The maximum Gasteiger partial charge on any atom is 0.114 e. The van der Waals surface area contributed by atoms with Gasteiger partial charge in [0, 0.05) is 4.86 Å². The molecule has 0 saturated carbocycles. The average Bonchev–Trinajstić information content (AvgIpc) is 2.47. The molecule has 0 spiro atoms. The molecule has 0 radical (unpaired) electrons. The van der Waals surface area contributed by atoms with Gasteiger partial charge < -0.3 is 25.5 Å². The van der Waals surface area contributed by atoms with E-state index in [1.165, 1.54) is 19.3 Å². The Morgan fingerprint density at radius 3 is 2.00 bits per heavy atom. The molecule has 0 aromatic carbocycles. The van der Waals surface area contributed by atoms with Crippen LogP contribution in [-0.4, -0.2) is 61.4 Å². The van der Waals surface area contributed by atoms with E-state index in [-0.39, 0.29) is 4.86 Å². The van der Waals surface area contributed by atoms with Gasteiger partial charge >= 0.3 is 0 Å². The molecule has 0 rings (SSSR count). The van der Waals surface area contributed by atoms with Crippen LogP contribution in [0.3, 0.4) is 0 Å². The number of aliphatic hydroxyl groups is 5. The van der Waals surface area contributed by atoms with Crippen molar-refractivity contribution in [2.75, 3.05) is 6.61 Å². The quantitative estimate of drug-likeness (QED) is 0.266. The minimum Gasteiger partial charge on any atom is -0.394 e. The molecule has 0 saturated heterocycles. The molecule has 0 aromatic rings. The van der Waals surface area contributed by atoms with Crippen molar-refractivity contribution in [3.05, 3.63) is 0 Å². The van der Waals surface area contributed by atoms with Crippen molar-refractivity contribution < 1.29 is 25.5 Å². The number of thiocarbonyl (C=S) groups is 1. The average molecular weight is 308 g/mol. The van der Waals surface area contributed by atoms with Crippen LogP contribution in [0.4, 0.5) is 0 Å². The largest absolute Gasteiger partial charge is 0.394 e. The van der Waals surface area contributed by atoms with Crippen LogP contribution in [0.1, 0.15) is 51.9 Å². The maximum absolute atomic E-state index is 9.80. The van der Waals surface area contributed by atoms with Crippen molar-refractivity contribution in [3.63, 3.8) is 0 Å². The molecule has 6 heteroatoms. The highest BCUT2D eigenvalue weighted by molar-refractivity contribution is 7.80. The summed E-state index contributed by atoms with van der Waals surface area (Å²) in [7, 11) is 0. The van der Waals surface area contributed by atoms with Gasteiger partial charge in [-0.25, -0.2) is 0 Å². The van der Waals surface area contributed by atoms with Crippen molar-refractivity contribution in [2.45, 2.75) is 76.3 Å². The molecule has 20 heavy (non-hydrogen) atoms. The summed E-state index contributed by atoms with van der Waals surface area (Å²) < 4.78 is 0. The fourth-order valence-corrected chi connectivity index (χ4v) is 2.22. The Morgan fingerprint density at radius 1 is 0.900 bits per heavy atom. The van der Waals surface area contributed by atoms with Crippen molar-refractivity contribution >= 4 is 17.1 Å². The summed E-state index contributed by atoms with van der Waals surface area (Å²) in [5.41, 5.74) is 0. The second-order valence-electron chi connectivity index (χ2n) is 5.16. The van der Waals surface area contributed by atoms with Gasteiger partial charge in [0.25, 0.3) is 0 Å². The van der Waals surface area contributed by atoms with E-state index >= 15 is 0 Å². The Labute approximate surface area is 126 Å². The van der Waals surface area contributed by atoms with Crippen LogP contribution in [0.15, 0.2) is 0 Å². The molecule has 0 bridgehead atoms. The summed E-state index contributed by atoms with van der Waals surface area (Å²) >= 11 is 5.03. The molecular formula is C14H28O5S. The van der Waals surface area contributed by atoms with Gasteiger partial charge in [-0.3, -0.25) is 0 Å². The number of hydrogen-bond acceptors (Lipinski definition) is 6. The predicted octanol–water partition coefficient (Wildman–Crippen LogP) is 0.543. The van der Waals surface area contributed by atoms with Gasteiger partial charge in [-0.2, -0.15) is 0 Å². The lowest BCUT2D eigenvalue weighted by atomic mass is 9.98. The molecule has 4 atom stereocenters. The van der Waals surface area contributed by atoms with Gasteiger partial charge in [-0.15, -0.1) is 0 Å². The van der Waals surface area contributed by atoms with E-state index in [4.69, 9.17) is 17.3 Å². The van der Waals surface area contributed by atoms with Gasteiger partial charge in [-0.1, -0.05) is 51.2 Å². The Kier molecular flexibility index (Phi) is 11.5. The zero-order valence-corrected chi connectivity index (χ0v) is 12.9. The molecule has 0 fully saturated rings. The van der Waals surface area contributed by atoms with E-state index in [2.05, 4.69) is 6.92 Å². The van der Waals surface area contributed by atoms with Crippen LogP contribution in [0.25, 0.3) is 0 Å². The summed E-state index contributed by atoms with van der Waals surface area (Å²) in [5, 5.41) is 46.9. The predicted molar refractivity (Wildman–Crippen MR) is 81.7 cm³/mol. The Morgan fingerprint density at radius 2 is 1.45 bits per heavy atom. The third-order valence-corrected chi connectivity index (χ3v) is 3.81. The smallest absolute Gasteiger partial charge is 0.114 e. The molecule has 0 heterocycles. The van der Waals surface area contributed by atoms with Gasteiger partial charge in [0.15, 0.2) is 0 Å². The highest BCUT2D eigenvalue weighted by Crippen LogP contribution is 2.13. The highest BCUT2D eigenvalue weighted by atomic mass is 32.1. The van der Waals surface area contributed by atoms with Crippen LogP contribution in [0.2, 0.25) is 0 Å². The van der Waals surface area contributed by atoms with E-state index in [0.717, 1.165) is 19.3 Å². The summed E-state index contributed by atoms with van der Waals surface area (Å²) in [6.07, 6.45) is 1.04. The fourth-order valence-electron chi connectivity index (χ4n) is 1.94. The van der Waals surface area contributed by atoms with Crippen LogP contribution >= 0.6 is 12.2 Å². The van der Waals surface area contributed by atoms with E-state index in [1.54, 1.807) is 0 Å². The zero-order chi connectivity index (χ0) is 15.5. The molecule has 0 aliphatic rings. The first-order valence-electron chi connectivity index (χ1n) is 7.31. The summed E-state index contributed by atoms with van der Waals surface area (Å²) in [4.78, 5) is 0.275. The fraction of sp³-hybridized carbons (Fsp3) is 0.929. The Balaban J connectivity index is 3.96. The number of aliphatic hydroxyl groups excluding tert-OH is 5. The standard InChI is InChI=1S/C14H28O5S/c1-2-3-4-5-6-7-8-11(20)13(18)14(19)12(17)10(16)9-15/h10,12-19H,2-9H2,1H3. The normalized spacial score (nSPS) is 17.5. The van der Waals surface area contributed by atoms with Crippen LogP contribution in [0.5, 0.6) is 0 Å². The van der Waals surface area contributed by atoms with Crippen molar-refractivity contribution in [2.24, 2.45) is 0 Å². The molecule has 0 aliphatic carbocycles. The third kappa shape index (κ3) is 7.61. The lowest BCUT2D eigenvalue weighted by Gasteiger charge is -2.26. The third-order valence-electron chi connectivity index (χ3n) is 3.36. The zero-order valence-electron chi connectivity index (χ0n) is 12.1. The maximum atomic E-state index is 9.80. The highest BCUT2D eigenvalue weighted by Gasteiger charge is 2.31. The van der Waals surface area contributed by atoms with Crippen LogP contribution in [-0.2, 0) is 0 Å². The number of rotatable bonds is 12. The molecule has 0 aliphatic heterocycles. The topological polar surface area (TPSA) is 101 Å². The van der Waals surface area contributed by atoms with Crippen LogP contribution < -0.4 is 0 Å². The SMILES string of the molecule is CCCCCCCCC(=S)C(O)C(O)C(O)C(O)CO. The molecule has 5 nitrogen and oxygen atoms in total. The molecule has 0 aromatic heterocycles. The van der Waals surface area contributed by atoms with Gasteiger partial charge in [-0.05, 0) is 12.8 Å².